The van der Waals surface area contributed by atoms with Gasteiger partial charge in [0.15, 0.2) is 17.1 Å². The van der Waals surface area contributed by atoms with Crippen LogP contribution >= 0.6 is 23.2 Å². The summed E-state index contributed by atoms with van der Waals surface area (Å²) in [6.07, 6.45) is 0. The van der Waals surface area contributed by atoms with Crippen LogP contribution in [0.5, 0.6) is 0 Å². The molecule has 0 N–H and O–H groups in total. The standard InChI is InChI=1S/C16H10Cl2O2/c1-9(19)15-14(10-5-7-11(17)8-6-10)12-3-2-4-13(18)16(12)20-15/h2-8H,1H3. The van der Waals surface area contributed by atoms with Crippen molar-refractivity contribution in [1.29, 1.82) is 0 Å². The maximum atomic E-state index is 11.8. The molecule has 100 valence electrons. The van der Waals surface area contributed by atoms with Gasteiger partial charge in [-0.15, -0.1) is 0 Å². The summed E-state index contributed by atoms with van der Waals surface area (Å²) in [5, 5.41) is 1.96. The highest BCUT2D eigenvalue weighted by atomic mass is 35.5. The third kappa shape index (κ3) is 2.11. The minimum Gasteiger partial charge on any atom is -0.451 e. The van der Waals surface area contributed by atoms with Gasteiger partial charge >= 0.3 is 0 Å². The highest BCUT2D eigenvalue weighted by Crippen LogP contribution is 2.38. The van der Waals surface area contributed by atoms with E-state index in [1.165, 1.54) is 6.92 Å². The molecule has 0 spiro atoms. The molecule has 4 heteroatoms. The van der Waals surface area contributed by atoms with Crippen molar-refractivity contribution >= 4 is 40.0 Å². The predicted octanol–water partition coefficient (Wildman–Crippen LogP) is 5.61. The van der Waals surface area contributed by atoms with Crippen molar-refractivity contribution in [3.63, 3.8) is 0 Å². The van der Waals surface area contributed by atoms with E-state index in [2.05, 4.69) is 0 Å². The third-order valence-electron chi connectivity index (χ3n) is 3.12. The minimum atomic E-state index is -0.137. The van der Waals surface area contributed by atoms with Crippen LogP contribution in [0, 0.1) is 0 Å². The highest BCUT2D eigenvalue weighted by molar-refractivity contribution is 6.35. The van der Waals surface area contributed by atoms with Crippen molar-refractivity contribution in [1.82, 2.24) is 0 Å². The van der Waals surface area contributed by atoms with Crippen molar-refractivity contribution in [2.24, 2.45) is 0 Å². The molecule has 20 heavy (non-hydrogen) atoms. The molecule has 0 radical (unpaired) electrons. The van der Waals surface area contributed by atoms with E-state index in [1.807, 2.05) is 24.3 Å². The largest absolute Gasteiger partial charge is 0.451 e. The van der Waals surface area contributed by atoms with Gasteiger partial charge in [-0.05, 0) is 23.8 Å². The Morgan fingerprint density at radius 1 is 1.05 bits per heavy atom. The Balaban J connectivity index is 2.37. The quantitative estimate of drug-likeness (QED) is 0.576. The Morgan fingerprint density at radius 2 is 1.75 bits per heavy atom. The summed E-state index contributed by atoms with van der Waals surface area (Å²) < 4.78 is 5.66. The average Bonchev–Trinajstić information content (AvgIpc) is 2.81. The van der Waals surface area contributed by atoms with Crippen molar-refractivity contribution in [3.8, 4) is 11.1 Å². The fourth-order valence-electron chi connectivity index (χ4n) is 2.24. The molecule has 0 atom stereocenters. The number of para-hydroxylation sites is 1. The van der Waals surface area contributed by atoms with Gasteiger partial charge in [0.2, 0.25) is 0 Å². The summed E-state index contributed by atoms with van der Waals surface area (Å²) in [5.74, 6) is 0.178. The number of hydrogen-bond acceptors (Lipinski definition) is 2. The molecule has 0 amide bonds. The molecule has 2 nitrogen and oxygen atoms in total. The molecule has 3 rings (SSSR count). The summed E-state index contributed by atoms with van der Waals surface area (Å²) in [6.45, 7) is 1.48. The first-order valence-electron chi connectivity index (χ1n) is 6.06. The lowest BCUT2D eigenvalue weighted by Crippen LogP contribution is -1.91. The van der Waals surface area contributed by atoms with Crippen LogP contribution in [0.3, 0.4) is 0 Å². The second kappa shape index (κ2) is 4.97. The maximum Gasteiger partial charge on any atom is 0.195 e. The number of ketones is 1. The lowest BCUT2D eigenvalue weighted by atomic mass is 10.0. The van der Waals surface area contributed by atoms with E-state index in [0.717, 1.165) is 16.5 Å². The smallest absolute Gasteiger partial charge is 0.195 e. The number of rotatable bonds is 2. The van der Waals surface area contributed by atoms with Crippen LogP contribution in [0.1, 0.15) is 17.5 Å². The summed E-state index contributed by atoms with van der Waals surface area (Å²) in [5.41, 5.74) is 2.16. The number of carbonyl (C=O) groups is 1. The summed E-state index contributed by atoms with van der Waals surface area (Å²) in [7, 11) is 0. The molecule has 3 aromatic rings. The Kier molecular flexibility index (Phi) is 3.28. The maximum absolute atomic E-state index is 11.8. The lowest BCUT2D eigenvalue weighted by molar-refractivity contribution is 0.0990. The molecule has 0 aliphatic carbocycles. The van der Waals surface area contributed by atoms with Gasteiger partial charge in [-0.2, -0.15) is 0 Å². The SMILES string of the molecule is CC(=O)c1oc2c(Cl)cccc2c1-c1ccc(Cl)cc1. The van der Waals surface area contributed by atoms with Gasteiger partial charge in [-0.25, -0.2) is 0 Å². The number of halogens is 2. The van der Waals surface area contributed by atoms with E-state index in [9.17, 15) is 4.79 Å². The number of hydrogen-bond donors (Lipinski definition) is 0. The predicted molar refractivity (Wildman–Crippen MR) is 81.7 cm³/mol. The number of furan rings is 1. The number of benzene rings is 2. The van der Waals surface area contributed by atoms with Gasteiger partial charge in [0, 0.05) is 22.9 Å². The number of carbonyl (C=O) groups excluding carboxylic acids is 1. The van der Waals surface area contributed by atoms with Crippen LogP contribution in [0.15, 0.2) is 46.9 Å². The van der Waals surface area contributed by atoms with E-state index in [-0.39, 0.29) is 5.78 Å². The van der Waals surface area contributed by atoms with Crippen LogP contribution in [0.2, 0.25) is 10.0 Å². The Morgan fingerprint density at radius 3 is 2.40 bits per heavy atom. The van der Waals surface area contributed by atoms with Crippen LogP contribution in [0.25, 0.3) is 22.1 Å². The van der Waals surface area contributed by atoms with E-state index >= 15 is 0 Å². The van der Waals surface area contributed by atoms with Crippen LogP contribution < -0.4 is 0 Å². The molecule has 0 aliphatic heterocycles. The average molecular weight is 305 g/mol. The molecular formula is C16H10Cl2O2. The Bertz CT molecular complexity index is 801. The second-order valence-electron chi connectivity index (χ2n) is 4.49. The third-order valence-corrected chi connectivity index (χ3v) is 3.67. The highest BCUT2D eigenvalue weighted by Gasteiger charge is 2.20. The van der Waals surface area contributed by atoms with Crippen molar-refractivity contribution in [3.05, 3.63) is 58.3 Å². The summed E-state index contributed by atoms with van der Waals surface area (Å²) >= 11 is 12.0. The van der Waals surface area contributed by atoms with Crippen molar-refractivity contribution in [2.45, 2.75) is 6.92 Å². The molecule has 0 aliphatic rings. The first kappa shape index (κ1) is 13.2. The zero-order valence-electron chi connectivity index (χ0n) is 10.6. The van der Waals surface area contributed by atoms with Gasteiger partial charge in [-0.1, -0.05) is 47.5 Å². The molecule has 1 heterocycles. The van der Waals surface area contributed by atoms with Crippen LogP contribution in [-0.2, 0) is 0 Å². The zero-order valence-corrected chi connectivity index (χ0v) is 12.1. The molecule has 0 saturated carbocycles. The zero-order chi connectivity index (χ0) is 14.3. The van der Waals surface area contributed by atoms with Crippen LogP contribution in [0.4, 0.5) is 0 Å². The number of Topliss-reactive ketones (excluding diaryl/α,β-unsaturated/α-hetero) is 1. The van der Waals surface area contributed by atoms with E-state index < -0.39 is 0 Å². The molecule has 0 saturated heterocycles. The topological polar surface area (TPSA) is 30.2 Å². The fourth-order valence-corrected chi connectivity index (χ4v) is 2.57. The first-order valence-corrected chi connectivity index (χ1v) is 6.81. The monoisotopic (exact) mass is 304 g/mol. The normalized spacial score (nSPS) is 10.9. The fraction of sp³-hybridized carbons (Fsp3) is 0.0625. The van der Waals surface area contributed by atoms with Gasteiger partial charge in [-0.3, -0.25) is 4.79 Å². The van der Waals surface area contributed by atoms with Gasteiger partial charge in [0.25, 0.3) is 0 Å². The van der Waals surface area contributed by atoms with E-state index in [1.54, 1.807) is 18.2 Å². The summed E-state index contributed by atoms with van der Waals surface area (Å²) in [4.78, 5) is 11.8. The molecule has 1 aromatic heterocycles. The van der Waals surface area contributed by atoms with Crippen molar-refractivity contribution in [2.75, 3.05) is 0 Å². The van der Waals surface area contributed by atoms with Crippen LogP contribution in [-0.4, -0.2) is 5.78 Å². The summed E-state index contributed by atoms with van der Waals surface area (Å²) in [6, 6.07) is 12.8. The van der Waals surface area contributed by atoms with Crippen molar-refractivity contribution < 1.29 is 9.21 Å². The molecular weight excluding hydrogens is 295 g/mol. The first-order chi connectivity index (χ1) is 9.58. The number of fused-ring (bicyclic) bond motifs is 1. The van der Waals surface area contributed by atoms with Gasteiger partial charge in [0.05, 0.1) is 5.02 Å². The Hall–Kier alpha value is -1.77. The molecule has 0 bridgehead atoms. The minimum absolute atomic E-state index is 0.137. The Labute approximate surface area is 125 Å². The van der Waals surface area contributed by atoms with E-state index in [4.69, 9.17) is 27.6 Å². The molecule has 2 aromatic carbocycles. The molecule has 0 unspecified atom stereocenters. The van der Waals surface area contributed by atoms with Gasteiger partial charge in [0.1, 0.15) is 0 Å². The van der Waals surface area contributed by atoms with Gasteiger partial charge < -0.3 is 4.42 Å². The molecule has 0 fully saturated rings. The lowest BCUT2D eigenvalue weighted by Gasteiger charge is -2.01. The van der Waals surface area contributed by atoms with E-state index in [0.29, 0.717) is 21.4 Å². The second-order valence-corrected chi connectivity index (χ2v) is 5.33.